The number of hydrogen-bond donors (Lipinski definition) is 1. The number of carbonyl (C=O) groups is 1. The van der Waals surface area contributed by atoms with Gasteiger partial charge in [0.05, 0.1) is 32.8 Å². The summed E-state index contributed by atoms with van der Waals surface area (Å²) in [5, 5.41) is 12.2. The topological polar surface area (TPSA) is 96.7 Å². The molecule has 0 aliphatic heterocycles. The maximum Gasteiger partial charge on any atom is 0.234 e. The molecule has 3 aromatic carbocycles. The van der Waals surface area contributed by atoms with E-state index in [-0.39, 0.29) is 11.7 Å². The molecule has 0 radical (unpaired) electrons. The predicted molar refractivity (Wildman–Crippen MR) is 142 cm³/mol. The van der Waals surface area contributed by atoms with Gasteiger partial charge in [0.15, 0.2) is 28.6 Å². The fourth-order valence-electron chi connectivity index (χ4n) is 3.64. The van der Waals surface area contributed by atoms with Gasteiger partial charge in [-0.05, 0) is 43.3 Å². The molecule has 0 spiro atoms. The van der Waals surface area contributed by atoms with Gasteiger partial charge in [-0.15, -0.1) is 10.2 Å². The average molecular weight is 521 g/mol. The number of ether oxygens (including phenoxy) is 4. The summed E-state index contributed by atoms with van der Waals surface area (Å²) in [6, 6.07) is 22.3. The first kappa shape index (κ1) is 25.9. The summed E-state index contributed by atoms with van der Waals surface area (Å²) < 4.78 is 24.1. The van der Waals surface area contributed by atoms with Crippen molar-refractivity contribution in [3.05, 3.63) is 78.6 Å². The molecule has 192 valence electrons. The number of thioether (sulfide) groups is 1. The Labute approximate surface area is 219 Å². The molecule has 37 heavy (non-hydrogen) atoms. The zero-order valence-electron chi connectivity index (χ0n) is 21.0. The van der Waals surface area contributed by atoms with Crippen LogP contribution in [0.3, 0.4) is 0 Å². The summed E-state index contributed by atoms with van der Waals surface area (Å²) in [5.41, 5.74) is 1.41. The van der Waals surface area contributed by atoms with Gasteiger partial charge in [0.1, 0.15) is 11.5 Å². The number of carbonyl (C=O) groups excluding carboxylic acids is 1. The van der Waals surface area contributed by atoms with Crippen LogP contribution in [0, 0.1) is 0 Å². The van der Waals surface area contributed by atoms with E-state index in [0.29, 0.717) is 39.7 Å². The summed E-state index contributed by atoms with van der Waals surface area (Å²) in [6.45, 7) is 1.90. The zero-order valence-corrected chi connectivity index (χ0v) is 21.8. The van der Waals surface area contributed by atoms with Crippen LogP contribution < -0.4 is 24.3 Å². The number of aromatic nitrogens is 3. The molecule has 0 aliphatic rings. The molecule has 1 amide bonds. The SMILES string of the molecule is COc1ccc(NC(=O)CSc2nnc(C(C)Oc3ccccc3OC)n2-c2ccccc2)c(OC)c1. The van der Waals surface area contributed by atoms with Crippen LogP contribution in [0.4, 0.5) is 5.69 Å². The number of rotatable bonds is 11. The Morgan fingerprint density at radius 3 is 2.30 bits per heavy atom. The Morgan fingerprint density at radius 1 is 0.892 bits per heavy atom. The molecule has 0 saturated heterocycles. The van der Waals surface area contributed by atoms with Crippen molar-refractivity contribution < 1.29 is 23.7 Å². The van der Waals surface area contributed by atoms with Gasteiger partial charge in [-0.3, -0.25) is 9.36 Å². The Morgan fingerprint density at radius 2 is 1.59 bits per heavy atom. The number of hydrogen-bond acceptors (Lipinski definition) is 8. The van der Waals surface area contributed by atoms with Crippen molar-refractivity contribution in [2.45, 2.75) is 18.2 Å². The first-order chi connectivity index (χ1) is 18.0. The van der Waals surface area contributed by atoms with Crippen molar-refractivity contribution in [2.24, 2.45) is 0 Å². The van der Waals surface area contributed by atoms with Gasteiger partial charge in [-0.25, -0.2) is 0 Å². The van der Waals surface area contributed by atoms with E-state index in [0.717, 1.165) is 5.69 Å². The highest BCUT2D eigenvalue weighted by Gasteiger charge is 2.22. The molecule has 1 heterocycles. The lowest BCUT2D eigenvalue weighted by molar-refractivity contribution is -0.113. The number of nitrogens with one attached hydrogen (secondary N) is 1. The van der Waals surface area contributed by atoms with Crippen LogP contribution >= 0.6 is 11.8 Å². The minimum absolute atomic E-state index is 0.113. The standard InChI is InChI=1S/C27H28N4O5S/c1-18(36-23-13-9-8-12-22(23)34-3)26-29-30-27(31(26)19-10-6-5-7-11-19)37-17-25(32)28-21-15-14-20(33-2)16-24(21)35-4/h5-16,18H,17H2,1-4H3,(H,28,32). The van der Waals surface area contributed by atoms with Crippen molar-refractivity contribution in [1.82, 2.24) is 14.8 Å². The minimum atomic E-state index is -0.448. The lowest BCUT2D eigenvalue weighted by Gasteiger charge is -2.18. The third-order valence-electron chi connectivity index (χ3n) is 5.42. The van der Waals surface area contributed by atoms with Gasteiger partial charge in [0.25, 0.3) is 0 Å². The van der Waals surface area contributed by atoms with Crippen molar-refractivity contribution in [3.63, 3.8) is 0 Å². The number of para-hydroxylation sites is 3. The Kier molecular flexibility index (Phi) is 8.52. The first-order valence-corrected chi connectivity index (χ1v) is 12.5. The summed E-state index contributed by atoms with van der Waals surface area (Å²) in [7, 11) is 4.71. The number of benzene rings is 3. The molecular formula is C27H28N4O5S. The number of amides is 1. The summed E-state index contributed by atoms with van der Waals surface area (Å²) in [6.07, 6.45) is -0.448. The quantitative estimate of drug-likeness (QED) is 0.271. The maximum atomic E-state index is 12.8. The van der Waals surface area contributed by atoms with Crippen LogP contribution in [0.1, 0.15) is 18.9 Å². The monoisotopic (exact) mass is 520 g/mol. The lowest BCUT2D eigenvalue weighted by Crippen LogP contribution is -2.16. The molecule has 1 aromatic heterocycles. The highest BCUT2D eigenvalue weighted by Crippen LogP contribution is 2.33. The molecular weight excluding hydrogens is 492 g/mol. The second kappa shape index (κ2) is 12.2. The average Bonchev–Trinajstić information content (AvgIpc) is 3.37. The van der Waals surface area contributed by atoms with Crippen molar-refractivity contribution >= 4 is 23.4 Å². The third kappa shape index (κ3) is 6.15. The smallest absolute Gasteiger partial charge is 0.234 e. The summed E-state index contributed by atoms with van der Waals surface area (Å²) in [5.74, 6) is 2.87. The van der Waals surface area contributed by atoms with Gasteiger partial charge >= 0.3 is 0 Å². The Hall–Kier alpha value is -4.18. The molecule has 10 heteroatoms. The molecule has 1 unspecified atom stereocenters. The molecule has 0 saturated carbocycles. The number of nitrogens with zero attached hydrogens (tertiary/aromatic N) is 3. The zero-order chi connectivity index (χ0) is 26.2. The van der Waals surface area contributed by atoms with Crippen molar-refractivity contribution in [3.8, 4) is 28.7 Å². The summed E-state index contributed by atoms with van der Waals surface area (Å²) >= 11 is 1.27. The Bertz CT molecular complexity index is 1350. The van der Waals surface area contributed by atoms with E-state index >= 15 is 0 Å². The number of methoxy groups -OCH3 is 3. The largest absolute Gasteiger partial charge is 0.497 e. The molecule has 0 fully saturated rings. The van der Waals surface area contributed by atoms with Crippen LogP contribution in [-0.4, -0.2) is 47.8 Å². The normalized spacial score (nSPS) is 11.5. The van der Waals surface area contributed by atoms with Crippen LogP contribution in [0.2, 0.25) is 0 Å². The van der Waals surface area contributed by atoms with Gasteiger partial charge in [-0.1, -0.05) is 42.1 Å². The van der Waals surface area contributed by atoms with Crippen LogP contribution in [0.25, 0.3) is 5.69 Å². The molecule has 9 nitrogen and oxygen atoms in total. The second-order valence-electron chi connectivity index (χ2n) is 7.83. The molecule has 0 bridgehead atoms. The van der Waals surface area contributed by atoms with E-state index in [1.807, 2.05) is 66.1 Å². The lowest BCUT2D eigenvalue weighted by atomic mass is 10.2. The van der Waals surface area contributed by atoms with E-state index in [4.69, 9.17) is 18.9 Å². The van der Waals surface area contributed by atoms with E-state index in [2.05, 4.69) is 15.5 Å². The second-order valence-corrected chi connectivity index (χ2v) is 8.77. The third-order valence-corrected chi connectivity index (χ3v) is 6.35. The highest BCUT2D eigenvalue weighted by molar-refractivity contribution is 7.99. The molecule has 4 rings (SSSR count). The maximum absolute atomic E-state index is 12.8. The van der Waals surface area contributed by atoms with Crippen molar-refractivity contribution in [2.75, 3.05) is 32.4 Å². The van der Waals surface area contributed by atoms with Crippen molar-refractivity contribution in [1.29, 1.82) is 0 Å². The molecule has 1 N–H and O–H groups in total. The minimum Gasteiger partial charge on any atom is -0.497 e. The van der Waals surface area contributed by atoms with E-state index < -0.39 is 6.10 Å². The van der Waals surface area contributed by atoms with Gasteiger partial charge in [-0.2, -0.15) is 0 Å². The molecule has 4 aromatic rings. The first-order valence-electron chi connectivity index (χ1n) is 11.5. The summed E-state index contributed by atoms with van der Waals surface area (Å²) in [4.78, 5) is 12.8. The van der Waals surface area contributed by atoms with E-state index in [1.165, 1.54) is 18.9 Å². The van der Waals surface area contributed by atoms with Gasteiger partial charge in [0.2, 0.25) is 5.91 Å². The fraction of sp³-hybridized carbons (Fsp3) is 0.222. The van der Waals surface area contributed by atoms with Crippen LogP contribution in [-0.2, 0) is 4.79 Å². The van der Waals surface area contributed by atoms with Gasteiger partial charge < -0.3 is 24.3 Å². The van der Waals surface area contributed by atoms with Crippen LogP contribution in [0.15, 0.2) is 78.0 Å². The highest BCUT2D eigenvalue weighted by atomic mass is 32.2. The number of anilines is 1. The fourth-order valence-corrected chi connectivity index (χ4v) is 4.39. The van der Waals surface area contributed by atoms with Crippen LogP contribution in [0.5, 0.6) is 23.0 Å². The molecule has 0 aliphatic carbocycles. The predicted octanol–water partition coefficient (Wildman–Crippen LogP) is 5.16. The Balaban J connectivity index is 1.54. The van der Waals surface area contributed by atoms with Gasteiger partial charge in [0, 0.05) is 11.8 Å². The molecule has 1 atom stereocenters. The van der Waals surface area contributed by atoms with E-state index in [9.17, 15) is 4.79 Å². The van der Waals surface area contributed by atoms with E-state index in [1.54, 1.807) is 32.4 Å².